The summed E-state index contributed by atoms with van der Waals surface area (Å²) in [5.41, 5.74) is 1.27. The van der Waals surface area contributed by atoms with E-state index >= 15 is 0 Å². The van der Waals surface area contributed by atoms with Crippen LogP contribution in [-0.2, 0) is 0 Å². The minimum atomic E-state index is 0.324. The number of hydrogen-bond donors (Lipinski definition) is 1. The number of anilines is 1. The molecule has 0 aliphatic carbocycles. The van der Waals surface area contributed by atoms with Crippen LogP contribution in [0.15, 0.2) is 24.3 Å². The van der Waals surface area contributed by atoms with Crippen LogP contribution in [0.5, 0.6) is 0 Å². The lowest BCUT2D eigenvalue weighted by atomic mass is 10.2. The maximum atomic E-state index is 8.75. The van der Waals surface area contributed by atoms with E-state index in [2.05, 4.69) is 21.9 Å². The number of hydrogen-bond acceptors (Lipinski definition) is 3. The van der Waals surface area contributed by atoms with Crippen molar-refractivity contribution in [1.29, 1.82) is 0 Å². The van der Waals surface area contributed by atoms with Crippen molar-refractivity contribution in [2.45, 2.75) is 19.3 Å². The summed E-state index contributed by atoms with van der Waals surface area (Å²) in [7, 11) is 0. The lowest BCUT2D eigenvalue weighted by Crippen LogP contribution is -2.46. The first kappa shape index (κ1) is 14.6. The molecule has 0 unspecified atom stereocenters. The number of benzene rings is 1. The van der Waals surface area contributed by atoms with Gasteiger partial charge in [-0.25, -0.2) is 0 Å². The molecule has 2 rings (SSSR count). The molecule has 0 saturated carbocycles. The second-order valence-electron chi connectivity index (χ2n) is 5.09. The molecule has 0 bridgehead atoms. The lowest BCUT2D eigenvalue weighted by Gasteiger charge is -2.36. The zero-order valence-corrected chi connectivity index (χ0v) is 12.1. The molecule has 1 fully saturated rings. The van der Waals surface area contributed by atoms with Crippen molar-refractivity contribution in [3.8, 4) is 0 Å². The highest BCUT2D eigenvalue weighted by atomic mass is 35.5. The summed E-state index contributed by atoms with van der Waals surface area (Å²) in [6.07, 6.45) is 3.26. The van der Waals surface area contributed by atoms with Crippen molar-refractivity contribution in [3.63, 3.8) is 0 Å². The minimum Gasteiger partial charge on any atom is -0.396 e. The second-order valence-corrected chi connectivity index (χ2v) is 5.53. The molecule has 1 saturated heterocycles. The Morgan fingerprint density at radius 1 is 0.947 bits per heavy atom. The lowest BCUT2D eigenvalue weighted by molar-refractivity contribution is 0.242. The predicted molar refractivity (Wildman–Crippen MR) is 81.0 cm³/mol. The molecule has 106 valence electrons. The zero-order valence-electron chi connectivity index (χ0n) is 11.4. The molecule has 0 aromatic heterocycles. The van der Waals surface area contributed by atoms with Gasteiger partial charge in [-0.3, -0.25) is 4.90 Å². The van der Waals surface area contributed by atoms with Gasteiger partial charge in [-0.2, -0.15) is 0 Å². The summed E-state index contributed by atoms with van der Waals surface area (Å²) in [4.78, 5) is 4.93. The average Bonchev–Trinajstić information content (AvgIpc) is 2.45. The SMILES string of the molecule is OCCCCCN1CCN(c2ccc(Cl)cc2)CC1. The van der Waals surface area contributed by atoms with Gasteiger partial charge >= 0.3 is 0 Å². The number of piperazine rings is 1. The van der Waals surface area contributed by atoms with Crippen molar-refractivity contribution < 1.29 is 5.11 Å². The summed E-state index contributed by atoms with van der Waals surface area (Å²) < 4.78 is 0. The second kappa shape index (κ2) is 7.73. The van der Waals surface area contributed by atoms with E-state index in [1.807, 2.05) is 12.1 Å². The van der Waals surface area contributed by atoms with Crippen molar-refractivity contribution in [1.82, 2.24) is 4.90 Å². The van der Waals surface area contributed by atoms with Gasteiger partial charge in [0.1, 0.15) is 0 Å². The average molecular weight is 283 g/mol. The van der Waals surface area contributed by atoms with E-state index in [9.17, 15) is 0 Å². The molecular weight excluding hydrogens is 260 g/mol. The fourth-order valence-electron chi connectivity index (χ4n) is 2.51. The van der Waals surface area contributed by atoms with E-state index in [0.717, 1.165) is 50.6 Å². The van der Waals surface area contributed by atoms with Crippen LogP contribution in [0.3, 0.4) is 0 Å². The zero-order chi connectivity index (χ0) is 13.5. The first-order valence-corrected chi connectivity index (χ1v) is 7.51. The summed E-state index contributed by atoms with van der Waals surface area (Å²) in [5.74, 6) is 0. The number of nitrogens with zero attached hydrogens (tertiary/aromatic N) is 2. The highest BCUT2D eigenvalue weighted by Crippen LogP contribution is 2.19. The Bertz CT molecular complexity index is 361. The molecule has 1 heterocycles. The normalized spacial score (nSPS) is 16.8. The van der Waals surface area contributed by atoms with Crippen LogP contribution in [0.2, 0.25) is 5.02 Å². The van der Waals surface area contributed by atoms with E-state index in [-0.39, 0.29) is 0 Å². The Morgan fingerprint density at radius 2 is 1.63 bits per heavy atom. The highest BCUT2D eigenvalue weighted by molar-refractivity contribution is 6.30. The van der Waals surface area contributed by atoms with E-state index in [1.54, 1.807) is 0 Å². The van der Waals surface area contributed by atoms with E-state index in [1.165, 1.54) is 12.1 Å². The van der Waals surface area contributed by atoms with Crippen LogP contribution < -0.4 is 4.90 Å². The number of halogens is 1. The van der Waals surface area contributed by atoms with Gasteiger partial charge in [-0.1, -0.05) is 11.6 Å². The van der Waals surface area contributed by atoms with Gasteiger partial charge in [0.25, 0.3) is 0 Å². The smallest absolute Gasteiger partial charge is 0.0431 e. The van der Waals surface area contributed by atoms with Crippen molar-refractivity contribution in [3.05, 3.63) is 29.3 Å². The van der Waals surface area contributed by atoms with Crippen LogP contribution >= 0.6 is 11.6 Å². The fraction of sp³-hybridized carbons (Fsp3) is 0.600. The van der Waals surface area contributed by atoms with E-state index in [4.69, 9.17) is 16.7 Å². The van der Waals surface area contributed by atoms with Crippen LogP contribution in [0.1, 0.15) is 19.3 Å². The van der Waals surface area contributed by atoms with Crippen LogP contribution in [0.4, 0.5) is 5.69 Å². The first-order valence-electron chi connectivity index (χ1n) is 7.13. The Labute approximate surface area is 120 Å². The monoisotopic (exact) mass is 282 g/mol. The predicted octanol–water partition coefficient (Wildman–Crippen LogP) is 2.62. The Balaban J connectivity index is 1.71. The molecular formula is C15H23ClN2O. The number of aliphatic hydroxyl groups excluding tert-OH is 1. The van der Waals surface area contributed by atoms with Gasteiger partial charge in [-0.15, -0.1) is 0 Å². The third-order valence-corrected chi connectivity index (χ3v) is 3.95. The summed E-state index contributed by atoms with van der Waals surface area (Å²) in [5, 5.41) is 9.55. The van der Waals surface area contributed by atoms with Crippen molar-refractivity contribution in [2.75, 3.05) is 44.2 Å². The molecule has 1 aromatic carbocycles. The quantitative estimate of drug-likeness (QED) is 0.813. The molecule has 1 aromatic rings. The van der Waals surface area contributed by atoms with Gasteiger partial charge in [-0.05, 0) is 50.1 Å². The molecule has 0 radical (unpaired) electrons. The first-order chi connectivity index (χ1) is 9.29. The molecule has 3 nitrogen and oxygen atoms in total. The number of unbranched alkanes of at least 4 members (excludes halogenated alkanes) is 2. The largest absolute Gasteiger partial charge is 0.396 e. The molecule has 1 aliphatic rings. The Kier molecular flexibility index (Phi) is 5.95. The van der Waals surface area contributed by atoms with Crippen LogP contribution in [-0.4, -0.2) is 49.3 Å². The molecule has 4 heteroatoms. The molecule has 0 atom stereocenters. The van der Waals surface area contributed by atoms with Crippen LogP contribution in [0.25, 0.3) is 0 Å². The molecule has 1 N–H and O–H groups in total. The topological polar surface area (TPSA) is 26.7 Å². The standard InChI is InChI=1S/C15H23ClN2O/c16-14-4-6-15(7-5-14)18-11-9-17(10-12-18)8-2-1-3-13-19/h4-7,19H,1-3,8-13H2. The Hall–Kier alpha value is -0.770. The van der Waals surface area contributed by atoms with Crippen molar-refractivity contribution in [2.24, 2.45) is 0 Å². The number of aliphatic hydroxyl groups is 1. The summed E-state index contributed by atoms with van der Waals surface area (Å²) in [6.45, 7) is 5.91. The summed E-state index contributed by atoms with van der Waals surface area (Å²) in [6, 6.07) is 8.11. The highest BCUT2D eigenvalue weighted by Gasteiger charge is 2.16. The Morgan fingerprint density at radius 3 is 2.26 bits per heavy atom. The molecule has 0 spiro atoms. The maximum Gasteiger partial charge on any atom is 0.0431 e. The fourth-order valence-corrected chi connectivity index (χ4v) is 2.63. The third kappa shape index (κ3) is 4.68. The summed E-state index contributed by atoms with van der Waals surface area (Å²) >= 11 is 5.91. The molecule has 1 aliphatic heterocycles. The van der Waals surface area contributed by atoms with Crippen LogP contribution in [0, 0.1) is 0 Å². The molecule has 0 amide bonds. The van der Waals surface area contributed by atoms with Gasteiger partial charge in [0.15, 0.2) is 0 Å². The van der Waals surface area contributed by atoms with Gasteiger partial charge in [0.2, 0.25) is 0 Å². The van der Waals surface area contributed by atoms with Gasteiger partial charge < -0.3 is 10.0 Å². The minimum absolute atomic E-state index is 0.324. The van der Waals surface area contributed by atoms with Gasteiger partial charge in [0, 0.05) is 43.5 Å². The van der Waals surface area contributed by atoms with Gasteiger partial charge in [0.05, 0.1) is 0 Å². The maximum absolute atomic E-state index is 8.75. The number of rotatable bonds is 6. The van der Waals surface area contributed by atoms with E-state index < -0.39 is 0 Å². The van der Waals surface area contributed by atoms with E-state index in [0.29, 0.717) is 6.61 Å². The third-order valence-electron chi connectivity index (χ3n) is 3.70. The van der Waals surface area contributed by atoms with Crippen molar-refractivity contribution >= 4 is 17.3 Å². The molecule has 19 heavy (non-hydrogen) atoms.